The highest BCUT2D eigenvalue weighted by Crippen LogP contribution is 2.28. The first-order chi connectivity index (χ1) is 19.4. The molecule has 40 heavy (non-hydrogen) atoms. The Morgan fingerprint density at radius 1 is 0.900 bits per heavy atom. The molecule has 8 heteroatoms. The fraction of sp³-hybridized carbons (Fsp3) is 0.250. The summed E-state index contributed by atoms with van der Waals surface area (Å²) < 4.78 is 20.8. The molecule has 0 aliphatic carbocycles. The topological polar surface area (TPSA) is 88.8 Å². The number of fused-ring (bicyclic) bond motifs is 1. The van der Waals surface area contributed by atoms with Gasteiger partial charge in [0.1, 0.15) is 11.6 Å². The summed E-state index contributed by atoms with van der Waals surface area (Å²) in [5.41, 5.74) is 3.49. The molecular weight excluding hydrogens is 529 g/mol. The fourth-order valence-electron chi connectivity index (χ4n) is 4.47. The first-order valence-corrected chi connectivity index (χ1v) is 14.2. The standard InChI is InChI=1S/C32H32FNO5S/c33-26-12-16-28(17-13-26)40-20-2-1-19-39-27-14-9-23(10-15-27)8-11-24-5-3-6-29-32(24)25(21-31(37)38)22-34(29)18-4-7-30(35)36/h3,5-6,8-17,22H,1-2,4,7,18-21H2,(H,35,36)(H,37,38)/b11-8+. The lowest BCUT2D eigenvalue weighted by atomic mass is 10.0. The highest BCUT2D eigenvalue weighted by molar-refractivity contribution is 7.99. The van der Waals surface area contributed by atoms with Gasteiger partial charge in [0, 0.05) is 35.0 Å². The lowest BCUT2D eigenvalue weighted by Crippen LogP contribution is -2.01. The number of carboxylic acid groups (broad SMARTS) is 2. The van der Waals surface area contributed by atoms with E-state index in [1.165, 1.54) is 12.1 Å². The molecule has 0 saturated carbocycles. The zero-order chi connectivity index (χ0) is 28.3. The van der Waals surface area contributed by atoms with Crippen LogP contribution in [-0.4, -0.2) is 39.1 Å². The van der Waals surface area contributed by atoms with Crippen LogP contribution >= 0.6 is 11.8 Å². The molecule has 0 aliphatic rings. The molecule has 0 spiro atoms. The van der Waals surface area contributed by atoms with Gasteiger partial charge in [-0.2, -0.15) is 0 Å². The summed E-state index contributed by atoms with van der Waals surface area (Å²) in [5, 5.41) is 19.3. The third-order valence-corrected chi connectivity index (χ3v) is 7.47. The van der Waals surface area contributed by atoms with Crippen molar-refractivity contribution in [2.45, 2.75) is 43.5 Å². The van der Waals surface area contributed by atoms with Crippen molar-refractivity contribution < 1.29 is 28.9 Å². The highest BCUT2D eigenvalue weighted by Gasteiger charge is 2.14. The van der Waals surface area contributed by atoms with Gasteiger partial charge >= 0.3 is 11.9 Å². The molecule has 3 aromatic carbocycles. The van der Waals surface area contributed by atoms with E-state index >= 15 is 0 Å². The second-order valence-electron chi connectivity index (χ2n) is 9.42. The Balaban J connectivity index is 1.34. The maximum absolute atomic E-state index is 13.0. The van der Waals surface area contributed by atoms with Crippen LogP contribution in [0.5, 0.6) is 5.75 Å². The van der Waals surface area contributed by atoms with Gasteiger partial charge in [0.2, 0.25) is 0 Å². The molecule has 0 radical (unpaired) electrons. The highest BCUT2D eigenvalue weighted by atomic mass is 32.2. The number of aryl methyl sites for hydroxylation is 1. The van der Waals surface area contributed by atoms with E-state index < -0.39 is 11.9 Å². The molecule has 208 valence electrons. The van der Waals surface area contributed by atoms with E-state index in [-0.39, 0.29) is 18.7 Å². The monoisotopic (exact) mass is 561 g/mol. The molecule has 0 bridgehead atoms. The number of nitrogens with zero attached hydrogens (tertiary/aromatic N) is 1. The summed E-state index contributed by atoms with van der Waals surface area (Å²) >= 11 is 1.71. The Bertz CT molecular complexity index is 1460. The predicted molar refractivity (Wildman–Crippen MR) is 157 cm³/mol. The summed E-state index contributed by atoms with van der Waals surface area (Å²) in [7, 11) is 0. The van der Waals surface area contributed by atoms with E-state index in [1.807, 2.05) is 65.4 Å². The maximum Gasteiger partial charge on any atom is 0.307 e. The van der Waals surface area contributed by atoms with Crippen LogP contribution in [0.1, 0.15) is 42.4 Å². The Kier molecular flexibility index (Phi) is 10.4. The molecule has 0 unspecified atom stereocenters. The van der Waals surface area contributed by atoms with Gasteiger partial charge in [0.05, 0.1) is 13.0 Å². The third kappa shape index (κ3) is 8.48. The number of benzene rings is 3. The second kappa shape index (κ2) is 14.4. The number of thioether (sulfide) groups is 1. The van der Waals surface area contributed by atoms with Crippen molar-refractivity contribution in [3.8, 4) is 5.75 Å². The van der Waals surface area contributed by atoms with Gasteiger partial charge in [0.25, 0.3) is 0 Å². The molecule has 4 aromatic rings. The van der Waals surface area contributed by atoms with Crippen molar-refractivity contribution >= 4 is 46.8 Å². The molecule has 1 aromatic heterocycles. The Morgan fingerprint density at radius 2 is 1.68 bits per heavy atom. The van der Waals surface area contributed by atoms with Crippen molar-refractivity contribution in [1.29, 1.82) is 0 Å². The molecule has 0 amide bonds. The first-order valence-electron chi connectivity index (χ1n) is 13.2. The van der Waals surface area contributed by atoms with Gasteiger partial charge in [-0.05, 0) is 84.2 Å². The molecule has 6 nitrogen and oxygen atoms in total. The predicted octanol–water partition coefficient (Wildman–Crippen LogP) is 7.39. The fourth-order valence-corrected chi connectivity index (χ4v) is 5.38. The van der Waals surface area contributed by atoms with Crippen LogP contribution in [0.3, 0.4) is 0 Å². The van der Waals surface area contributed by atoms with E-state index in [2.05, 4.69) is 0 Å². The zero-order valence-corrected chi connectivity index (χ0v) is 22.9. The van der Waals surface area contributed by atoms with Crippen LogP contribution in [0.15, 0.2) is 77.8 Å². The summed E-state index contributed by atoms with van der Waals surface area (Å²) in [6, 6.07) is 20.2. The number of halogens is 1. The number of carbonyl (C=O) groups is 2. The van der Waals surface area contributed by atoms with E-state index in [1.54, 1.807) is 23.9 Å². The zero-order valence-electron chi connectivity index (χ0n) is 22.1. The van der Waals surface area contributed by atoms with E-state index in [0.717, 1.165) is 51.3 Å². The molecule has 0 aliphatic heterocycles. The molecule has 0 saturated heterocycles. The normalized spacial score (nSPS) is 11.3. The summed E-state index contributed by atoms with van der Waals surface area (Å²) in [6.45, 7) is 1.13. The van der Waals surface area contributed by atoms with Crippen molar-refractivity contribution in [3.63, 3.8) is 0 Å². The molecule has 0 atom stereocenters. The molecule has 2 N–H and O–H groups in total. The van der Waals surface area contributed by atoms with Gasteiger partial charge < -0.3 is 19.5 Å². The van der Waals surface area contributed by atoms with Gasteiger partial charge in [-0.25, -0.2) is 4.39 Å². The lowest BCUT2D eigenvalue weighted by Gasteiger charge is -2.07. The Hall–Kier alpha value is -4.04. The van der Waals surface area contributed by atoms with E-state index in [9.17, 15) is 19.1 Å². The number of aliphatic carboxylic acids is 2. The Morgan fingerprint density at radius 3 is 2.40 bits per heavy atom. The van der Waals surface area contributed by atoms with Crippen LogP contribution < -0.4 is 4.74 Å². The third-order valence-electron chi connectivity index (χ3n) is 6.37. The van der Waals surface area contributed by atoms with E-state index in [0.29, 0.717) is 25.1 Å². The quantitative estimate of drug-likeness (QED) is 0.0894. The van der Waals surface area contributed by atoms with Crippen molar-refractivity contribution in [2.24, 2.45) is 0 Å². The molecular formula is C32H32FNO5S. The first kappa shape index (κ1) is 29.0. The SMILES string of the molecule is O=C(O)CCCn1cc(CC(=O)O)c2c(/C=C/c3ccc(OCCCCSc4ccc(F)cc4)cc3)cccc21. The maximum atomic E-state index is 13.0. The van der Waals surface area contributed by atoms with Crippen molar-refractivity contribution in [2.75, 3.05) is 12.4 Å². The minimum absolute atomic E-state index is 0.0594. The summed E-state index contributed by atoms with van der Waals surface area (Å²) in [4.78, 5) is 23.5. The minimum atomic E-state index is -0.911. The average Bonchev–Trinajstić information content (AvgIpc) is 3.28. The van der Waals surface area contributed by atoms with Crippen LogP contribution in [0.4, 0.5) is 4.39 Å². The average molecular weight is 562 g/mol. The number of hydrogen-bond donors (Lipinski definition) is 2. The van der Waals surface area contributed by atoms with Crippen LogP contribution in [-0.2, 0) is 22.6 Å². The number of hydrogen-bond acceptors (Lipinski definition) is 4. The molecule has 0 fully saturated rings. The van der Waals surface area contributed by atoms with Crippen molar-refractivity contribution in [3.05, 3.63) is 95.4 Å². The van der Waals surface area contributed by atoms with Crippen molar-refractivity contribution in [1.82, 2.24) is 4.57 Å². The smallest absolute Gasteiger partial charge is 0.307 e. The second-order valence-corrected chi connectivity index (χ2v) is 10.6. The number of ether oxygens (including phenoxy) is 1. The summed E-state index contributed by atoms with van der Waals surface area (Å²) in [6.07, 6.45) is 8.13. The Labute approximate surface area is 237 Å². The van der Waals surface area contributed by atoms with E-state index in [4.69, 9.17) is 9.84 Å². The van der Waals surface area contributed by atoms with Gasteiger partial charge in [-0.15, -0.1) is 11.8 Å². The number of unbranched alkanes of at least 4 members (excludes halogenated alkanes) is 1. The van der Waals surface area contributed by atoms with Crippen LogP contribution in [0.2, 0.25) is 0 Å². The number of carboxylic acids is 2. The van der Waals surface area contributed by atoms with Crippen LogP contribution in [0.25, 0.3) is 23.1 Å². The van der Waals surface area contributed by atoms with Gasteiger partial charge in [0.15, 0.2) is 0 Å². The lowest BCUT2D eigenvalue weighted by molar-refractivity contribution is -0.137. The van der Waals surface area contributed by atoms with Gasteiger partial charge in [-0.1, -0.05) is 36.4 Å². The molecule has 1 heterocycles. The van der Waals surface area contributed by atoms with Gasteiger partial charge in [-0.3, -0.25) is 9.59 Å². The largest absolute Gasteiger partial charge is 0.494 e. The number of aromatic nitrogens is 1. The van der Waals surface area contributed by atoms with Crippen LogP contribution in [0, 0.1) is 5.82 Å². The minimum Gasteiger partial charge on any atom is -0.494 e. The number of rotatable bonds is 15. The molecule has 4 rings (SSSR count). The summed E-state index contributed by atoms with van der Waals surface area (Å²) in [5.74, 6) is -0.230.